The molecule has 1 heterocycles. The van der Waals surface area contributed by atoms with Crippen molar-refractivity contribution in [2.75, 3.05) is 12.8 Å². The summed E-state index contributed by atoms with van der Waals surface area (Å²) in [5.41, 5.74) is 1.16. The van der Waals surface area contributed by atoms with Gasteiger partial charge in [-0.3, -0.25) is 5.16 Å². The Balaban J connectivity index is 2.65. The Labute approximate surface area is 79.0 Å². The van der Waals surface area contributed by atoms with Crippen molar-refractivity contribution < 1.29 is 9.46 Å². The Morgan fingerprint density at radius 2 is 2.23 bits per heavy atom. The molecule has 0 bridgehead atoms. The minimum absolute atomic E-state index is 0.558. The van der Waals surface area contributed by atoms with Crippen LogP contribution in [0.3, 0.4) is 0 Å². The fourth-order valence-electron chi connectivity index (χ4n) is 1.12. The lowest BCUT2D eigenvalue weighted by Crippen LogP contribution is -2.37. The molecule has 1 atom stereocenters. The Kier molecular flexibility index (Phi) is 3.23. The molecular formula is C9H16N2OP+. The highest BCUT2D eigenvalue weighted by Gasteiger charge is 2.10. The van der Waals surface area contributed by atoms with Gasteiger partial charge in [0.2, 0.25) is 0 Å². The SMILES string of the molecule is Cc1cccc[n+]1CCP(C)(=N)O. The fourth-order valence-corrected chi connectivity index (χ4v) is 1.72. The van der Waals surface area contributed by atoms with Crippen LogP contribution >= 0.6 is 7.28 Å². The van der Waals surface area contributed by atoms with Crippen molar-refractivity contribution in [2.45, 2.75) is 13.5 Å². The average Bonchev–Trinajstić information content (AvgIpc) is 2.01. The highest BCUT2D eigenvalue weighted by molar-refractivity contribution is 7.58. The molecule has 1 aromatic rings. The van der Waals surface area contributed by atoms with Gasteiger partial charge in [0.05, 0.1) is 13.4 Å². The monoisotopic (exact) mass is 199 g/mol. The van der Waals surface area contributed by atoms with Crippen LogP contribution in [0.1, 0.15) is 5.69 Å². The molecule has 0 aliphatic rings. The average molecular weight is 199 g/mol. The molecule has 0 saturated carbocycles. The predicted molar refractivity (Wildman–Crippen MR) is 54.0 cm³/mol. The van der Waals surface area contributed by atoms with E-state index in [0.717, 1.165) is 12.2 Å². The number of hydrogen-bond donors (Lipinski definition) is 2. The molecule has 13 heavy (non-hydrogen) atoms. The van der Waals surface area contributed by atoms with E-state index in [9.17, 15) is 4.89 Å². The molecule has 0 spiro atoms. The van der Waals surface area contributed by atoms with E-state index >= 15 is 0 Å². The Morgan fingerprint density at radius 3 is 2.77 bits per heavy atom. The lowest BCUT2D eigenvalue weighted by atomic mass is 10.3. The summed E-state index contributed by atoms with van der Waals surface area (Å²) in [6.07, 6.45) is 2.54. The number of hydrogen-bond acceptors (Lipinski definition) is 1. The fraction of sp³-hybridized carbons (Fsp3) is 0.444. The first-order valence-electron chi connectivity index (χ1n) is 4.27. The van der Waals surface area contributed by atoms with E-state index in [1.807, 2.05) is 31.3 Å². The first kappa shape index (κ1) is 10.4. The summed E-state index contributed by atoms with van der Waals surface area (Å²) in [5, 5.41) is 7.40. The molecule has 0 saturated heterocycles. The van der Waals surface area contributed by atoms with E-state index < -0.39 is 7.28 Å². The third kappa shape index (κ3) is 3.71. The molecule has 0 fully saturated rings. The normalized spacial score (nSPS) is 15.3. The van der Waals surface area contributed by atoms with Crippen molar-refractivity contribution >= 4 is 7.28 Å². The first-order chi connectivity index (χ1) is 5.99. The number of rotatable bonds is 3. The molecule has 2 N–H and O–H groups in total. The van der Waals surface area contributed by atoms with Crippen molar-refractivity contribution in [3.05, 3.63) is 30.1 Å². The molecular weight excluding hydrogens is 183 g/mol. The molecule has 72 valence electrons. The number of pyridine rings is 1. The van der Waals surface area contributed by atoms with Gasteiger partial charge in [-0.25, -0.2) is 4.57 Å². The largest absolute Gasteiger partial charge is 0.360 e. The van der Waals surface area contributed by atoms with E-state index in [1.165, 1.54) is 0 Å². The third-order valence-electron chi connectivity index (χ3n) is 1.94. The van der Waals surface area contributed by atoms with E-state index in [0.29, 0.717) is 6.16 Å². The number of aryl methyl sites for hydroxylation is 2. The van der Waals surface area contributed by atoms with Crippen LogP contribution < -0.4 is 4.57 Å². The van der Waals surface area contributed by atoms with Gasteiger partial charge in [0.1, 0.15) is 0 Å². The van der Waals surface area contributed by atoms with Crippen molar-refractivity contribution in [2.24, 2.45) is 0 Å². The molecule has 3 nitrogen and oxygen atoms in total. The lowest BCUT2D eigenvalue weighted by Gasteiger charge is -2.06. The van der Waals surface area contributed by atoms with Crippen LogP contribution in [-0.4, -0.2) is 17.7 Å². The van der Waals surface area contributed by atoms with Gasteiger partial charge in [-0.1, -0.05) is 6.07 Å². The van der Waals surface area contributed by atoms with Crippen LogP contribution in [-0.2, 0) is 6.54 Å². The molecule has 1 aromatic heterocycles. The van der Waals surface area contributed by atoms with Gasteiger partial charge in [-0.05, 0) is 6.66 Å². The summed E-state index contributed by atoms with van der Waals surface area (Å²) >= 11 is 0. The van der Waals surface area contributed by atoms with Crippen LogP contribution in [0.4, 0.5) is 0 Å². The minimum atomic E-state index is -2.37. The second-order valence-corrected chi connectivity index (χ2v) is 6.12. The van der Waals surface area contributed by atoms with Crippen LogP contribution in [0.5, 0.6) is 0 Å². The Morgan fingerprint density at radius 1 is 1.54 bits per heavy atom. The van der Waals surface area contributed by atoms with Crippen LogP contribution in [0.15, 0.2) is 24.4 Å². The Bertz CT molecular complexity index is 332. The molecule has 1 rings (SSSR count). The van der Waals surface area contributed by atoms with Gasteiger partial charge in [0, 0.05) is 19.1 Å². The molecule has 0 aliphatic carbocycles. The van der Waals surface area contributed by atoms with E-state index in [1.54, 1.807) is 6.66 Å². The lowest BCUT2D eigenvalue weighted by molar-refractivity contribution is -0.698. The standard InChI is InChI=1S/C9H16N2OP/c1-9-5-3-4-6-11(9)7-8-13(2,10)12/h3-6H,7-8H2,1-2H3,(H2,10,12)/q+1. The topological polar surface area (TPSA) is 48.0 Å². The Hall–Kier alpha value is -0.660. The van der Waals surface area contributed by atoms with Crippen LogP contribution in [0.2, 0.25) is 0 Å². The maximum atomic E-state index is 9.33. The molecule has 0 aromatic carbocycles. The second kappa shape index (κ2) is 4.03. The maximum Gasteiger partial charge on any atom is 0.178 e. The van der Waals surface area contributed by atoms with Gasteiger partial charge in [0.15, 0.2) is 18.4 Å². The van der Waals surface area contributed by atoms with Crippen molar-refractivity contribution in [3.63, 3.8) is 0 Å². The minimum Gasteiger partial charge on any atom is -0.360 e. The third-order valence-corrected chi connectivity index (χ3v) is 3.01. The van der Waals surface area contributed by atoms with Crippen LogP contribution in [0.25, 0.3) is 0 Å². The summed E-state index contributed by atoms with van der Waals surface area (Å²) in [4.78, 5) is 9.33. The highest BCUT2D eigenvalue weighted by atomic mass is 31.2. The quantitative estimate of drug-likeness (QED) is 0.563. The maximum absolute atomic E-state index is 9.33. The van der Waals surface area contributed by atoms with Crippen molar-refractivity contribution in [3.8, 4) is 0 Å². The molecule has 1 unspecified atom stereocenters. The van der Waals surface area contributed by atoms with Crippen molar-refractivity contribution in [1.29, 1.82) is 5.16 Å². The summed E-state index contributed by atoms with van der Waals surface area (Å²) < 4.78 is 2.06. The molecule has 0 radical (unpaired) electrons. The number of nitrogens with zero attached hydrogens (tertiary/aromatic N) is 1. The zero-order valence-electron chi connectivity index (χ0n) is 8.07. The predicted octanol–water partition coefficient (Wildman–Crippen LogP) is 1.60. The molecule has 0 aliphatic heterocycles. The second-order valence-electron chi connectivity index (χ2n) is 3.40. The van der Waals surface area contributed by atoms with Gasteiger partial charge in [0.25, 0.3) is 0 Å². The highest BCUT2D eigenvalue weighted by Crippen LogP contribution is 2.35. The molecule has 0 amide bonds. The van der Waals surface area contributed by atoms with Gasteiger partial charge in [-0.2, -0.15) is 0 Å². The van der Waals surface area contributed by atoms with Crippen LogP contribution in [0, 0.1) is 12.1 Å². The molecule has 4 heteroatoms. The van der Waals surface area contributed by atoms with Crippen molar-refractivity contribution in [1.82, 2.24) is 0 Å². The van der Waals surface area contributed by atoms with Gasteiger partial charge >= 0.3 is 0 Å². The van der Waals surface area contributed by atoms with E-state index in [-0.39, 0.29) is 0 Å². The zero-order chi connectivity index (χ0) is 9.90. The smallest absolute Gasteiger partial charge is 0.178 e. The first-order valence-corrected chi connectivity index (χ1v) is 6.65. The summed E-state index contributed by atoms with van der Waals surface area (Å²) in [6.45, 7) is 4.37. The van der Waals surface area contributed by atoms with E-state index in [4.69, 9.17) is 5.16 Å². The van der Waals surface area contributed by atoms with E-state index in [2.05, 4.69) is 4.57 Å². The number of nitrogens with one attached hydrogen (secondary N) is 1. The summed E-state index contributed by atoms with van der Waals surface area (Å²) in [6, 6.07) is 5.97. The van der Waals surface area contributed by atoms with Gasteiger partial charge < -0.3 is 4.89 Å². The van der Waals surface area contributed by atoms with Gasteiger partial charge in [-0.15, -0.1) is 0 Å². The number of aromatic nitrogens is 1. The summed E-state index contributed by atoms with van der Waals surface area (Å²) in [5.74, 6) is 0. The zero-order valence-corrected chi connectivity index (χ0v) is 8.96. The summed E-state index contributed by atoms with van der Waals surface area (Å²) in [7, 11) is -2.37.